The second-order valence-electron chi connectivity index (χ2n) is 5.39. The van der Waals surface area contributed by atoms with Crippen LogP contribution in [0.4, 0.5) is 4.39 Å². The van der Waals surface area contributed by atoms with Gasteiger partial charge in [0.1, 0.15) is 5.82 Å². The van der Waals surface area contributed by atoms with Gasteiger partial charge in [-0.05, 0) is 59.4 Å². The van der Waals surface area contributed by atoms with Gasteiger partial charge in [0, 0.05) is 18.7 Å². The summed E-state index contributed by atoms with van der Waals surface area (Å²) in [6.07, 6.45) is 4.38. The molecule has 0 saturated heterocycles. The molecule has 0 heterocycles. The van der Waals surface area contributed by atoms with Crippen molar-refractivity contribution in [1.82, 2.24) is 4.90 Å². The Labute approximate surface area is 127 Å². The molecule has 0 aliphatic heterocycles. The number of hydrogen-bond donors (Lipinski definition) is 1. The molecule has 2 atom stereocenters. The summed E-state index contributed by atoms with van der Waals surface area (Å²) in [5.41, 5.74) is 6.32. The number of nitrogens with two attached hydrogens (primary N) is 1. The first-order chi connectivity index (χ1) is 9.54. The van der Waals surface area contributed by atoms with Gasteiger partial charge in [-0.1, -0.05) is 12.8 Å². The van der Waals surface area contributed by atoms with Gasteiger partial charge >= 0.3 is 0 Å². The first kappa shape index (κ1) is 15.4. The fraction of sp³-hybridized carbons (Fsp3) is 0.533. The number of carbonyl (C=O) groups excluding carboxylic acids is 1. The van der Waals surface area contributed by atoms with Gasteiger partial charge in [0.25, 0.3) is 5.91 Å². The molecule has 0 aromatic heterocycles. The summed E-state index contributed by atoms with van der Waals surface area (Å²) in [4.78, 5) is 14.3. The lowest BCUT2D eigenvalue weighted by molar-refractivity contribution is 0.0620. The van der Waals surface area contributed by atoms with Crippen LogP contribution in [0.5, 0.6) is 0 Å². The molecule has 110 valence electrons. The molecule has 2 unspecified atom stereocenters. The molecule has 1 aromatic rings. The molecular formula is C15H20BrFN2O. The lowest BCUT2D eigenvalue weighted by atomic mass is 9.83. The zero-order chi connectivity index (χ0) is 14.7. The van der Waals surface area contributed by atoms with E-state index in [1.54, 1.807) is 4.90 Å². The van der Waals surface area contributed by atoms with Crippen molar-refractivity contribution >= 4 is 21.8 Å². The van der Waals surface area contributed by atoms with E-state index in [1.807, 2.05) is 7.05 Å². The molecule has 1 saturated carbocycles. The number of nitrogens with zero attached hydrogens (tertiary/aromatic N) is 1. The van der Waals surface area contributed by atoms with Crippen LogP contribution in [0, 0.1) is 11.7 Å². The second-order valence-corrected chi connectivity index (χ2v) is 6.25. The number of rotatable bonds is 3. The Morgan fingerprint density at radius 2 is 2.15 bits per heavy atom. The van der Waals surface area contributed by atoms with Gasteiger partial charge in [0.05, 0.1) is 4.47 Å². The molecule has 1 aliphatic carbocycles. The third-order valence-corrected chi connectivity index (χ3v) is 4.76. The minimum absolute atomic E-state index is 0.0731. The molecule has 1 aromatic carbocycles. The molecule has 0 bridgehead atoms. The SMILES string of the molecule is CN(C(=O)c1ccc(F)c(Br)c1)C1CCCCC1CN. The van der Waals surface area contributed by atoms with Gasteiger partial charge in [-0.2, -0.15) is 0 Å². The fourth-order valence-electron chi connectivity index (χ4n) is 2.96. The van der Waals surface area contributed by atoms with Crippen LogP contribution in [0.25, 0.3) is 0 Å². The lowest BCUT2D eigenvalue weighted by Crippen LogP contribution is -2.45. The van der Waals surface area contributed by atoms with Crippen molar-refractivity contribution in [3.63, 3.8) is 0 Å². The Morgan fingerprint density at radius 1 is 1.45 bits per heavy atom. The predicted molar refractivity (Wildman–Crippen MR) is 81.0 cm³/mol. The summed E-state index contributed by atoms with van der Waals surface area (Å²) in [7, 11) is 1.82. The molecule has 5 heteroatoms. The van der Waals surface area contributed by atoms with Crippen LogP contribution in [0.1, 0.15) is 36.0 Å². The van der Waals surface area contributed by atoms with Gasteiger partial charge in [-0.3, -0.25) is 4.79 Å². The normalized spacial score (nSPS) is 22.6. The second kappa shape index (κ2) is 6.68. The Morgan fingerprint density at radius 3 is 2.80 bits per heavy atom. The summed E-state index contributed by atoms with van der Waals surface area (Å²) in [6.45, 7) is 0.607. The molecule has 1 aliphatic rings. The Bertz CT molecular complexity index is 495. The number of carbonyl (C=O) groups is 1. The molecule has 1 fully saturated rings. The Kier molecular flexibility index (Phi) is 5.16. The summed E-state index contributed by atoms with van der Waals surface area (Å²) in [6, 6.07) is 4.56. The van der Waals surface area contributed by atoms with Crippen molar-refractivity contribution < 1.29 is 9.18 Å². The van der Waals surface area contributed by atoms with E-state index in [-0.39, 0.29) is 17.8 Å². The summed E-state index contributed by atoms with van der Waals surface area (Å²) < 4.78 is 13.6. The summed E-state index contributed by atoms with van der Waals surface area (Å²) >= 11 is 3.12. The molecule has 0 spiro atoms. The Hall–Kier alpha value is -0.940. The van der Waals surface area contributed by atoms with Crippen molar-refractivity contribution in [3.05, 3.63) is 34.1 Å². The number of halogens is 2. The highest BCUT2D eigenvalue weighted by Crippen LogP contribution is 2.28. The number of benzene rings is 1. The van der Waals surface area contributed by atoms with Crippen LogP contribution >= 0.6 is 15.9 Å². The van der Waals surface area contributed by atoms with Crippen LogP contribution in [0.15, 0.2) is 22.7 Å². The van der Waals surface area contributed by atoms with Crippen molar-refractivity contribution in [3.8, 4) is 0 Å². The standard InChI is InChI=1S/C15H20BrFN2O/c1-19(14-5-3-2-4-11(14)9-18)15(20)10-6-7-13(17)12(16)8-10/h6-8,11,14H,2-5,9,18H2,1H3. The first-order valence-corrected chi connectivity index (χ1v) is 7.76. The van der Waals surface area contributed by atoms with Gasteiger partial charge in [-0.25, -0.2) is 4.39 Å². The minimum Gasteiger partial charge on any atom is -0.338 e. The minimum atomic E-state index is -0.360. The van der Waals surface area contributed by atoms with E-state index in [4.69, 9.17) is 5.73 Å². The summed E-state index contributed by atoms with van der Waals surface area (Å²) in [5, 5.41) is 0. The van der Waals surface area contributed by atoms with E-state index in [9.17, 15) is 9.18 Å². The number of hydrogen-bond acceptors (Lipinski definition) is 2. The van der Waals surface area contributed by atoms with Gasteiger partial charge in [0.2, 0.25) is 0 Å². The van der Waals surface area contributed by atoms with E-state index in [0.29, 0.717) is 22.5 Å². The maximum Gasteiger partial charge on any atom is 0.253 e. The zero-order valence-corrected chi connectivity index (χ0v) is 13.2. The fourth-order valence-corrected chi connectivity index (χ4v) is 3.34. The van der Waals surface area contributed by atoms with Crippen LogP contribution in [0.2, 0.25) is 0 Å². The molecule has 0 radical (unpaired) electrons. The summed E-state index contributed by atoms with van der Waals surface area (Å²) in [5.74, 6) is -0.0701. The molecular weight excluding hydrogens is 323 g/mol. The molecule has 2 N–H and O–H groups in total. The Balaban J connectivity index is 2.16. The molecule has 1 amide bonds. The molecule has 20 heavy (non-hydrogen) atoms. The van der Waals surface area contributed by atoms with Gasteiger partial charge in [0.15, 0.2) is 0 Å². The highest BCUT2D eigenvalue weighted by Gasteiger charge is 2.30. The maximum absolute atomic E-state index is 13.2. The third-order valence-electron chi connectivity index (χ3n) is 4.16. The van der Waals surface area contributed by atoms with Crippen LogP contribution in [-0.4, -0.2) is 30.4 Å². The average Bonchev–Trinajstić information content (AvgIpc) is 2.48. The van der Waals surface area contributed by atoms with E-state index in [0.717, 1.165) is 19.3 Å². The van der Waals surface area contributed by atoms with E-state index < -0.39 is 0 Å². The van der Waals surface area contributed by atoms with Gasteiger partial charge in [-0.15, -0.1) is 0 Å². The van der Waals surface area contributed by atoms with E-state index in [2.05, 4.69) is 15.9 Å². The van der Waals surface area contributed by atoms with Crippen molar-refractivity contribution in [1.29, 1.82) is 0 Å². The molecule has 2 rings (SSSR count). The van der Waals surface area contributed by atoms with Crippen molar-refractivity contribution in [2.75, 3.05) is 13.6 Å². The maximum atomic E-state index is 13.2. The quantitative estimate of drug-likeness (QED) is 0.916. The lowest BCUT2D eigenvalue weighted by Gasteiger charge is -2.37. The largest absolute Gasteiger partial charge is 0.338 e. The zero-order valence-electron chi connectivity index (χ0n) is 11.6. The number of amides is 1. The predicted octanol–water partition coefficient (Wildman–Crippen LogP) is 3.18. The van der Waals surface area contributed by atoms with Gasteiger partial charge < -0.3 is 10.6 Å². The molecule has 3 nitrogen and oxygen atoms in total. The van der Waals surface area contributed by atoms with Crippen molar-refractivity contribution in [2.45, 2.75) is 31.7 Å². The van der Waals surface area contributed by atoms with Crippen molar-refractivity contribution in [2.24, 2.45) is 11.7 Å². The van der Waals surface area contributed by atoms with Crippen LogP contribution in [-0.2, 0) is 0 Å². The van der Waals surface area contributed by atoms with E-state index >= 15 is 0 Å². The first-order valence-electron chi connectivity index (χ1n) is 6.97. The highest BCUT2D eigenvalue weighted by atomic mass is 79.9. The smallest absolute Gasteiger partial charge is 0.253 e. The third kappa shape index (κ3) is 3.20. The van der Waals surface area contributed by atoms with Crippen LogP contribution < -0.4 is 5.73 Å². The monoisotopic (exact) mass is 342 g/mol. The van der Waals surface area contributed by atoms with Crippen LogP contribution in [0.3, 0.4) is 0 Å². The highest BCUT2D eigenvalue weighted by molar-refractivity contribution is 9.10. The topological polar surface area (TPSA) is 46.3 Å². The average molecular weight is 343 g/mol. The van der Waals surface area contributed by atoms with E-state index in [1.165, 1.54) is 24.6 Å².